The molecule has 1 N–H and O–H groups in total. The van der Waals surface area contributed by atoms with Gasteiger partial charge in [0.15, 0.2) is 0 Å². The fourth-order valence-corrected chi connectivity index (χ4v) is 1.68. The number of aryl methyl sites for hydroxylation is 2. The molecule has 0 spiro atoms. The minimum atomic E-state index is -0.822. The highest BCUT2D eigenvalue weighted by Crippen LogP contribution is 2.17. The highest BCUT2D eigenvalue weighted by Gasteiger charge is 2.13. The quantitative estimate of drug-likeness (QED) is 0.685. The van der Waals surface area contributed by atoms with Crippen molar-refractivity contribution in [3.63, 3.8) is 0 Å². The average molecular weight is 165 g/mol. The number of aromatic nitrogens is 1. The first-order valence-electron chi connectivity index (χ1n) is 4.20. The third kappa shape index (κ3) is 1.11. The topological polar surface area (TPSA) is 42.2 Å². The van der Waals surface area contributed by atoms with Crippen molar-refractivity contribution in [2.24, 2.45) is 0 Å². The molecule has 0 saturated carbocycles. The number of nitrogens with zero attached hydrogens (tertiary/aromatic N) is 1. The van der Waals surface area contributed by atoms with Crippen molar-refractivity contribution < 1.29 is 9.90 Å². The molecule has 2 heterocycles. The van der Waals surface area contributed by atoms with Crippen molar-refractivity contribution in [3.8, 4) is 0 Å². The lowest BCUT2D eigenvalue weighted by molar-refractivity contribution is 0.0697. The Balaban J connectivity index is 2.38. The van der Waals surface area contributed by atoms with Crippen LogP contribution in [0.25, 0.3) is 0 Å². The lowest BCUT2D eigenvalue weighted by Gasteiger charge is -2.13. The molecule has 1 aromatic rings. The lowest BCUT2D eigenvalue weighted by atomic mass is 10.1. The Morgan fingerprint density at radius 1 is 1.50 bits per heavy atom. The summed E-state index contributed by atoms with van der Waals surface area (Å²) in [5, 5.41) is 8.72. The van der Waals surface area contributed by atoms with Gasteiger partial charge in [0.25, 0.3) is 0 Å². The molecule has 1 aliphatic rings. The number of fused-ring (bicyclic) bond motifs is 1. The van der Waals surface area contributed by atoms with E-state index in [1.807, 2.05) is 4.57 Å². The summed E-state index contributed by atoms with van der Waals surface area (Å²) in [5.74, 6) is -0.822. The summed E-state index contributed by atoms with van der Waals surface area (Å²) in [6.45, 7) is 0.975. The van der Waals surface area contributed by atoms with Crippen molar-refractivity contribution in [3.05, 3.63) is 23.5 Å². The van der Waals surface area contributed by atoms with Crippen molar-refractivity contribution in [1.82, 2.24) is 4.57 Å². The van der Waals surface area contributed by atoms with Crippen LogP contribution in [0.5, 0.6) is 0 Å². The second-order valence-corrected chi connectivity index (χ2v) is 3.18. The van der Waals surface area contributed by atoms with Gasteiger partial charge in [-0.1, -0.05) is 0 Å². The van der Waals surface area contributed by atoms with Crippen LogP contribution in [0.2, 0.25) is 0 Å². The Kier molecular flexibility index (Phi) is 1.64. The number of aromatic carboxylic acids is 1. The van der Waals surface area contributed by atoms with Crippen molar-refractivity contribution in [2.75, 3.05) is 0 Å². The van der Waals surface area contributed by atoms with Gasteiger partial charge in [-0.25, -0.2) is 4.79 Å². The molecule has 0 aliphatic carbocycles. The molecular formula is C9H11NO2. The minimum absolute atomic E-state index is 0.423. The average Bonchev–Trinajstić information content (AvgIpc) is 2.46. The zero-order valence-electron chi connectivity index (χ0n) is 6.79. The van der Waals surface area contributed by atoms with E-state index in [1.165, 1.54) is 18.5 Å². The standard InChI is InChI=1S/C9H11NO2/c11-9(12)7-5-8-3-1-2-4-10(8)6-7/h5-6H,1-4H2,(H,11,12). The van der Waals surface area contributed by atoms with Gasteiger partial charge in [-0.2, -0.15) is 0 Å². The molecule has 1 aliphatic heterocycles. The van der Waals surface area contributed by atoms with Gasteiger partial charge in [0, 0.05) is 18.4 Å². The molecule has 1 aromatic heterocycles. The first kappa shape index (κ1) is 7.40. The van der Waals surface area contributed by atoms with Gasteiger partial charge >= 0.3 is 5.97 Å². The van der Waals surface area contributed by atoms with Crippen LogP contribution in [-0.2, 0) is 13.0 Å². The summed E-state index contributed by atoms with van der Waals surface area (Å²) in [5.41, 5.74) is 1.59. The second kappa shape index (κ2) is 2.66. The van der Waals surface area contributed by atoms with Gasteiger partial charge in [-0.3, -0.25) is 0 Å². The summed E-state index contributed by atoms with van der Waals surface area (Å²) in [4.78, 5) is 10.6. The highest BCUT2D eigenvalue weighted by molar-refractivity contribution is 5.87. The predicted octanol–water partition coefficient (Wildman–Crippen LogP) is 1.52. The molecule has 0 aromatic carbocycles. The van der Waals surface area contributed by atoms with Gasteiger partial charge in [-0.15, -0.1) is 0 Å². The van der Waals surface area contributed by atoms with E-state index in [-0.39, 0.29) is 0 Å². The van der Waals surface area contributed by atoms with Crippen LogP contribution in [0.1, 0.15) is 28.9 Å². The van der Waals surface area contributed by atoms with E-state index in [2.05, 4.69) is 0 Å². The Bertz CT molecular complexity index is 291. The van der Waals surface area contributed by atoms with Crippen LogP contribution in [0.15, 0.2) is 12.3 Å². The molecule has 0 saturated heterocycles. The Labute approximate surface area is 70.6 Å². The monoisotopic (exact) mass is 165 g/mol. The number of carboxylic acid groups (broad SMARTS) is 1. The third-order valence-corrected chi connectivity index (χ3v) is 2.31. The normalized spacial score (nSPS) is 15.7. The number of hydrogen-bond acceptors (Lipinski definition) is 1. The Morgan fingerprint density at radius 3 is 3.00 bits per heavy atom. The first-order chi connectivity index (χ1) is 5.77. The van der Waals surface area contributed by atoms with Gasteiger partial charge in [0.1, 0.15) is 0 Å². The second-order valence-electron chi connectivity index (χ2n) is 3.18. The molecule has 0 unspecified atom stereocenters. The largest absolute Gasteiger partial charge is 0.478 e. The van der Waals surface area contributed by atoms with Crippen LogP contribution in [-0.4, -0.2) is 15.6 Å². The van der Waals surface area contributed by atoms with Gasteiger partial charge in [0.05, 0.1) is 5.56 Å². The summed E-state index contributed by atoms with van der Waals surface area (Å²) in [6.07, 6.45) is 5.11. The maximum Gasteiger partial charge on any atom is 0.337 e. The summed E-state index contributed by atoms with van der Waals surface area (Å²) in [6, 6.07) is 1.78. The SMILES string of the molecule is O=C(O)c1cc2n(c1)CCCC2. The molecule has 0 radical (unpaired) electrons. The fraction of sp³-hybridized carbons (Fsp3) is 0.444. The number of carbonyl (C=O) groups is 1. The molecular weight excluding hydrogens is 154 g/mol. The number of carboxylic acids is 1. The van der Waals surface area contributed by atoms with Gasteiger partial charge < -0.3 is 9.67 Å². The molecule has 3 heteroatoms. The smallest absolute Gasteiger partial charge is 0.337 e. The Hall–Kier alpha value is -1.25. The summed E-state index contributed by atoms with van der Waals surface area (Å²) < 4.78 is 2.05. The van der Waals surface area contributed by atoms with Crippen molar-refractivity contribution in [2.45, 2.75) is 25.8 Å². The van der Waals surface area contributed by atoms with E-state index >= 15 is 0 Å². The summed E-state index contributed by atoms with van der Waals surface area (Å²) in [7, 11) is 0. The molecule has 0 atom stereocenters. The van der Waals surface area contributed by atoms with E-state index in [1.54, 1.807) is 12.3 Å². The predicted molar refractivity (Wildman–Crippen MR) is 44.3 cm³/mol. The highest BCUT2D eigenvalue weighted by atomic mass is 16.4. The number of rotatable bonds is 1. The zero-order chi connectivity index (χ0) is 8.55. The van der Waals surface area contributed by atoms with Crippen LogP contribution >= 0.6 is 0 Å². The van der Waals surface area contributed by atoms with E-state index in [4.69, 9.17) is 5.11 Å². The van der Waals surface area contributed by atoms with E-state index < -0.39 is 5.97 Å². The van der Waals surface area contributed by atoms with Crippen molar-refractivity contribution in [1.29, 1.82) is 0 Å². The van der Waals surface area contributed by atoms with Gasteiger partial charge in [-0.05, 0) is 25.3 Å². The van der Waals surface area contributed by atoms with Crippen LogP contribution in [0.3, 0.4) is 0 Å². The van der Waals surface area contributed by atoms with Crippen LogP contribution in [0, 0.1) is 0 Å². The minimum Gasteiger partial charge on any atom is -0.478 e. The van der Waals surface area contributed by atoms with Crippen molar-refractivity contribution >= 4 is 5.97 Å². The molecule has 2 rings (SSSR count). The van der Waals surface area contributed by atoms with Crippen LogP contribution in [0.4, 0.5) is 0 Å². The van der Waals surface area contributed by atoms with E-state index in [0.29, 0.717) is 5.56 Å². The summed E-state index contributed by atoms with van der Waals surface area (Å²) >= 11 is 0. The maximum atomic E-state index is 10.6. The Morgan fingerprint density at radius 2 is 2.33 bits per heavy atom. The van der Waals surface area contributed by atoms with Crippen LogP contribution < -0.4 is 0 Å². The van der Waals surface area contributed by atoms with Gasteiger partial charge in [0.2, 0.25) is 0 Å². The number of hydrogen-bond donors (Lipinski definition) is 1. The molecule has 0 amide bonds. The zero-order valence-corrected chi connectivity index (χ0v) is 6.79. The first-order valence-corrected chi connectivity index (χ1v) is 4.20. The third-order valence-electron chi connectivity index (χ3n) is 2.31. The molecule has 64 valence electrons. The molecule has 12 heavy (non-hydrogen) atoms. The molecule has 0 bridgehead atoms. The molecule has 3 nitrogen and oxygen atoms in total. The molecule has 0 fully saturated rings. The lowest BCUT2D eigenvalue weighted by Crippen LogP contribution is -2.07. The van der Waals surface area contributed by atoms with E-state index in [0.717, 1.165) is 13.0 Å². The maximum absolute atomic E-state index is 10.6. The van der Waals surface area contributed by atoms with E-state index in [9.17, 15) is 4.79 Å². The fourth-order valence-electron chi connectivity index (χ4n) is 1.68.